The molecule has 1 aliphatic rings. The number of methoxy groups -OCH3 is 1. The predicted octanol–water partition coefficient (Wildman–Crippen LogP) is 3.77. The Morgan fingerprint density at radius 3 is 2.52 bits per heavy atom. The van der Waals surface area contributed by atoms with Gasteiger partial charge in [0.2, 0.25) is 0 Å². The van der Waals surface area contributed by atoms with Gasteiger partial charge in [0.1, 0.15) is 5.75 Å². The van der Waals surface area contributed by atoms with E-state index in [-0.39, 0.29) is 11.8 Å². The molecule has 1 fully saturated rings. The molecule has 1 saturated heterocycles. The number of rotatable bonds is 5. The molecule has 0 bridgehead atoms. The third-order valence-electron chi connectivity index (χ3n) is 4.66. The van der Waals surface area contributed by atoms with E-state index in [9.17, 15) is 5.11 Å². The molecule has 23 heavy (non-hydrogen) atoms. The van der Waals surface area contributed by atoms with Gasteiger partial charge < -0.3 is 9.84 Å². The molecule has 2 atom stereocenters. The van der Waals surface area contributed by atoms with Crippen LogP contribution in [0.4, 0.5) is 0 Å². The average Bonchev–Trinajstić information content (AvgIpc) is 2.99. The summed E-state index contributed by atoms with van der Waals surface area (Å²) in [5.74, 6) is 1.53. The molecule has 3 heteroatoms. The summed E-state index contributed by atoms with van der Waals surface area (Å²) in [7, 11) is 1.67. The van der Waals surface area contributed by atoms with Gasteiger partial charge in [-0.2, -0.15) is 0 Å². The van der Waals surface area contributed by atoms with Crippen molar-refractivity contribution in [3.05, 3.63) is 78.1 Å². The molecule has 2 aromatic carbocycles. The number of phenolic OH excluding ortho intramolecular Hbond substituents is 1. The summed E-state index contributed by atoms with van der Waals surface area (Å²) in [4.78, 5) is 2.40. The lowest BCUT2D eigenvalue weighted by molar-refractivity contribution is 0.232. The van der Waals surface area contributed by atoms with Crippen molar-refractivity contribution in [2.75, 3.05) is 20.2 Å². The van der Waals surface area contributed by atoms with Crippen molar-refractivity contribution in [1.82, 2.24) is 4.90 Å². The Bertz CT molecular complexity index is 668. The van der Waals surface area contributed by atoms with E-state index in [1.54, 1.807) is 13.2 Å². The van der Waals surface area contributed by atoms with E-state index in [1.807, 2.05) is 24.3 Å². The molecule has 0 aromatic heterocycles. The number of para-hydroxylation sites is 1. The van der Waals surface area contributed by atoms with Crippen molar-refractivity contribution >= 4 is 0 Å². The largest absolute Gasteiger partial charge is 0.508 e. The quantitative estimate of drug-likeness (QED) is 0.854. The fourth-order valence-electron chi connectivity index (χ4n) is 3.45. The third-order valence-corrected chi connectivity index (χ3v) is 4.66. The zero-order valence-corrected chi connectivity index (χ0v) is 13.5. The molecule has 0 radical (unpaired) electrons. The fraction of sp³-hybridized carbons (Fsp3) is 0.300. The van der Waals surface area contributed by atoms with E-state index in [1.165, 1.54) is 5.56 Å². The molecule has 0 amide bonds. The summed E-state index contributed by atoms with van der Waals surface area (Å²) in [6.07, 6.45) is 0. The molecule has 0 aliphatic carbocycles. The Morgan fingerprint density at radius 2 is 1.83 bits per heavy atom. The molecule has 2 aromatic rings. The Labute approximate surface area is 137 Å². The lowest BCUT2D eigenvalue weighted by Crippen LogP contribution is -2.20. The van der Waals surface area contributed by atoms with Gasteiger partial charge in [-0.15, -0.1) is 0 Å². The van der Waals surface area contributed by atoms with Crippen LogP contribution in [0.15, 0.2) is 66.9 Å². The summed E-state index contributed by atoms with van der Waals surface area (Å²) < 4.78 is 5.42. The molecule has 1 heterocycles. The summed E-state index contributed by atoms with van der Waals surface area (Å²) in [5, 5.41) is 10.2. The number of nitrogens with zero attached hydrogens (tertiary/aromatic N) is 1. The van der Waals surface area contributed by atoms with Crippen LogP contribution in [-0.4, -0.2) is 30.2 Å². The van der Waals surface area contributed by atoms with E-state index < -0.39 is 0 Å². The Hall–Kier alpha value is -2.26. The van der Waals surface area contributed by atoms with Gasteiger partial charge in [0.05, 0.1) is 12.9 Å². The summed E-state index contributed by atoms with van der Waals surface area (Å²) in [5.41, 5.74) is 2.28. The number of benzene rings is 2. The van der Waals surface area contributed by atoms with E-state index in [2.05, 4.69) is 35.7 Å². The van der Waals surface area contributed by atoms with Crippen LogP contribution in [-0.2, 0) is 11.3 Å². The van der Waals surface area contributed by atoms with Gasteiger partial charge in [-0.3, -0.25) is 4.90 Å². The Kier molecular flexibility index (Phi) is 4.68. The molecule has 1 aliphatic heterocycles. The van der Waals surface area contributed by atoms with Crippen molar-refractivity contribution in [2.24, 2.45) is 5.92 Å². The predicted molar refractivity (Wildman–Crippen MR) is 92.2 cm³/mol. The summed E-state index contributed by atoms with van der Waals surface area (Å²) >= 11 is 0. The molecule has 3 nitrogen and oxygen atoms in total. The van der Waals surface area contributed by atoms with Gasteiger partial charge in [0, 0.05) is 31.5 Å². The first-order valence-electron chi connectivity index (χ1n) is 7.96. The fourth-order valence-corrected chi connectivity index (χ4v) is 3.45. The van der Waals surface area contributed by atoms with Crippen molar-refractivity contribution in [2.45, 2.75) is 12.5 Å². The number of hydrogen-bond acceptors (Lipinski definition) is 3. The van der Waals surface area contributed by atoms with Crippen molar-refractivity contribution < 1.29 is 9.84 Å². The molecular weight excluding hydrogens is 286 g/mol. The molecule has 0 spiro atoms. The minimum Gasteiger partial charge on any atom is -0.508 e. The van der Waals surface area contributed by atoms with E-state index in [0.29, 0.717) is 5.75 Å². The Balaban J connectivity index is 1.82. The van der Waals surface area contributed by atoms with Gasteiger partial charge >= 0.3 is 0 Å². The first-order valence-corrected chi connectivity index (χ1v) is 7.96. The highest BCUT2D eigenvalue weighted by molar-refractivity contribution is 5.37. The van der Waals surface area contributed by atoms with Crippen LogP contribution in [0.5, 0.6) is 5.75 Å². The molecule has 120 valence electrons. The lowest BCUT2D eigenvalue weighted by Gasteiger charge is -2.20. The summed E-state index contributed by atoms with van der Waals surface area (Å²) in [6, 6.07) is 18.0. The standard InChI is InChI=1S/C20H23NO2/c1-15(23-2)18-13-21(12-16-8-4-3-5-9-16)14-19(18)17-10-6-7-11-20(17)22/h3-11,18-19,22H,1,12-14H2,2H3/t18-,19+/m0/s1. The average molecular weight is 309 g/mol. The zero-order valence-electron chi connectivity index (χ0n) is 13.5. The van der Waals surface area contributed by atoms with Gasteiger partial charge in [0.25, 0.3) is 0 Å². The molecule has 1 N–H and O–H groups in total. The topological polar surface area (TPSA) is 32.7 Å². The molecule has 0 saturated carbocycles. The van der Waals surface area contributed by atoms with E-state index in [0.717, 1.165) is 31.0 Å². The lowest BCUT2D eigenvalue weighted by atomic mass is 9.87. The van der Waals surface area contributed by atoms with Gasteiger partial charge in [-0.25, -0.2) is 0 Å². The second-order valence-electron chi connectivity index (χ2n) is 6.12. The van der Waals surface area contributed by atoms with Crippen molar-refractivity contribution in [1.29, 1.82) is 0 Å². The molecular formula is C20H23NO2. The minimum absolute atomic E-state index is 0.192. The smallest absolute Gasteiger partial charge is 0.119 e. The van der Waals surface area contributed by atoms with Crippen molar-refractivity contribution in [3.8, 4) is 5.75 Å². The van der Waals surface area contributed by atoms with E-state index >= 15 is 0 Å². The van der Waals surface area contributed by atoms with Gasteiger partial charge in [-0.1, -0.05) is 55.1 Å². The first-order chi connectivity index (χ1) is 11.2. The summed E-state index contributed by atoms with van der Waals surface area (Å²) in [6.45, 7) is 6.75. The number of likely N-dealkylation sites (tertiary alicyclic amines) is 1. The van der Waals surface area contributed by atoms with Crippen LogP contribution in [0.1, 0.15) is 17.0 Å². The van der Waals surface area contributed by atoms with Crippen LogP contribution in [0.25, 0.3) is 0 Å². The third kappa shape index (κ3) is 3.40. The van der Waals surface area contributed by atoms with Gasteiger partial charge in [0.15, 0.2) is 0 Å². The second kappa shape index (κ2) is 6.88. The van der Waals surface area contributed by atoms with Crippen LogP contribution in [0.3, 0.4) is 0 Å². The maximum Gasteiger partial charge on any atom is 0.119 e. The highest BCUT2D eigenvalue weighted by Crippen LogP contribution is 2.40. The number of hydrogen-bond donors (Lipinski definition) is 1. The zero-order chi connectivity index (χ0) is 16.2. The van der Waals surface area contributed by atoms with Crippen LogP contribution >= 0.6 is 0 Å². The number of phenols is 1. The maximum absolute atomic E-state index is 10.2. The van der Waals surface area contributed by atoms with Gasteiger partial charge in [-0.05, 0) is 17.2 Å². The highest BCUT2D eigenvalue weighted by atomic mass is 16.5. The SMILES string of the molecule is C=C(OC)[C@@H]1CN(Cc2ccccc2)C[C@@H]1c1ccccc1O. The maximum atomic E-state index is 10.2. The normalized spacial score (nSPS) is 21.3. The van der Waals surface area contributed by atoms with Crippen LogP contribution in [0, 0.1) is 5.92 Å². The van der Waals surface area contributed by atoms with Crippen LogP contribution in [0.2, 0.25) is 0 Å². The first kappa shape index (κ1) is 15.6. The second-order valence-corrected chi connectivity index (χ2v) is 6.12. The van der Waals surface area contributed by atoms with Crippen LogP contribution < -0.4 is 0 Å². The monoisotopic (exact) mass is 309 g/mol. The molecule has 3 rings (SSSR count). The van der Waals surface area contributed by atoms with E-state index in [4.69, 9.17) is 4.74 Å². The number of ether oxygens (including phenoxy) is 1. The Morgan fingerprint density at radius 1 is 1.13 bits per heavy atom. The highest BCUT2D eigenvalue weighted by Gasteiger charge is 2.37. The minimum atomic E-state index is 0.192. The molecule has 0 unspecified atom stereocenters. The number of aromatic hydroxyl groups is 1. The van der Waals surface area contributed by atoms with Crippen molar-refractivity contribution in [3.63, 3.8) is 0 Å².